The van der Waals surface area contributed by atoms with Crippen molar-refractivity contribution in [3.05, 3.63) is 30.3 Å². The predicted octanol–water partition coefficient (Wildman–Crippen LogP) is 4.32. The minimum atomic E-state index is 0.375. The highest BCUT2D eigenvalue weighted by atomic mass is 32.2. The third kappa shape index (κ3) is 4.19. The van der Waals surface area contributed by atoms with Crippen molar-refractivity contribution in [1.29, 1.82) is 0 Å². The molecule has 0 aliphatic heterocycles. The first kappa shape index (κ1) is 12.7. The molecule has 2 heteroatoms. The number of Topliss-reactive ketones (excluding diaryl/α,β-unsaturated/α-hetero) is 1. The van der Waals surface area contributed by atoms with Gasteiger partial charge in [-0.25, -0.2) is 0 Å². The summed E-state index contributed by atoms with van der Waals surface area (Å²) >= 11 is 1.90. The molecular weight excluding hydrogens is 228 g/mol. The number of ketones is 1. The van der Waals surface area contributed by atoms with E-state index in [0.717, 1.165) is 37.9 Å². The molecule has 0 heterocycles. The Morgan fingerprint density at radius 1 is 1.18 bits per heavy atom. The van der Waals surface area contributed by atoms with E-state index in [9.17, 15) is 4.79 Å². The van der Waals surface area contributed by atoms with Crippen LogP contribution in [0.4, 0.5) is 0 Å². The predicted molar refractivity (Wildman–Crippen MR) is 73.4 cm³/mol. The fraction of sp³-hybridized carbons (Fsp3) is 0.533. The Morgan fingerprint density at radius 3 is 2.76 bits per heavy atom. The molecule has 1 aromatic carbocycles. The van der Waals surface area contributed by atoms with Crippen molar-refractivity contribution in [1.82, 2.24) is 0 Å². The van der Waals surface area contributed by atoms with E-state index in [2.05, 4.69) is 24.3 Å². The maximum Gasteiger partial charge on any atom is 0.135 e. The van der Waals surface area contributed by atoms with Crippen molar-refractivity contribution in [2.45, 2.75) is 43.4 Å². The van der Waals surface area contributed by atoms with Crippen LogP contribution in [0, 0.1) is 5.92 Å². The van der Waals surface area contributed by atoms with Crippen LogP contribution in [0.3, 0.4) is 0 Å². The summed E-state index contributed by atoms with van der Waals surface area (Å²) in [6.45, 7) is 0. The van der Waals surface area contributed by atoms with E-state index >= 15 is 0 Å². The molecule has 17 heavy (non-hydrogen) atoms. The molecule has 1 atom stereocenters. The number of hydrogen-bond donors (Lipinski definition) is 0. The molecule has 2 rings (SSSR count). The SMILES string of the molecule is O=C1CCCCC1CCCSc1ccccc1. The van der Waals surface area contributed by atoms with Crippen LogP contribution in [0.5, 0.6) is 0 Å². The number of hydrogen-bond acceptors (Lipinski definition) is 2. The lowest BCUT2D eigenvalue weighted by molar-refractivity contribution is -0.124. The summed E-state index contributed by atoms with van der Waals surface area (Å²) in [4.78, 5) is 13.0. The van der Waals surface area contributed by atoms with E-state index < -0.39 is 0 Å². The fourth-order valence-corrected chi connectivity index (χ4v) is 3.29. The van der Waals surface area contributed by atoms with E-state index in [0.29, 0.717) is 11.7 Å². The van der Waals surface area contributed by atoms with Crippen LogP contribution in [0.25, 0.3) is 0 Å². The highest BCUT2D eigenvalue weighted by molar-refractivity contribution is 7.99. The first-order valence-corrected chi connectivity index (χ1v) is 7.55. The third-order valence-corrected chi connectivity index (χ3v) is 4.49. The van der Waals surface area contributed by atoms with Crippen LogP contribution in [0.15, 0.2) is 35.2 Å². The Balaban J connectivity index is 1.64. The molecule has 1 aliphatic carbocycles. The number of benzene rings is 1. The lowest BCUT2D eigenvalue weighted by atomic mass is 9.85. The van der Waals surface area contributed by atoms with Crippen LogP contribution in [0.2, 0.25) is 0 Å². The molecule has 1 fully saturated rings. The quantitative estimate of drug-likeness (QED) is 0.570. The number of carbonyl (C=O) groups is 1. The second-order valence-electron chi connectivity index (χ2n) is 4.71. The summed E-state index contributed by atoms with van der Waals surface area (Å²) in [5, 5.41) is 0. The first-order chi connectivity index (χ1) is 8.36. The van der Waals surface area contributed by atoms with Gasteiger partial charge in [-0.2, -0.15) is 0 Å². The fourth-order valence-electron chi connectivity index (χ4n) is 2.40. The van der Waals surface area contributed by atoms with Gasteiger partial charge in [-0.05, 0) is 43.6 Å². The van der Waals surface area contributed by atoms with E-state index in [1.54, 1.807) is 0 Å². The van der Waals surface area contributed by atoms with Crippen LogP contribution < -0.4 is 0 Å². The molecule has 0 amide bonds. The van der Waals surface area contributed by atoms with E-state index in [-0.39, 0.29) is 0 Å². The zero-order valence-electron chi connectivity index (χ0n) is 10.2. The van der Waals surface area contributed by atoms with Crippen LogP contribution >= 0.6 is 11.8 Å². The average Bonchev–Trinajstić information content (AvgIpc) is 2.38. The molecular formula is C15H20OS. The first-order valence-electron chi connectivity index (χ1n) is 6.57. The summed E-state index contributed by atoms with van der Waals surface area (Å²) in [6, 6.07) is 10.5. The van der Waals surface area contributed by atoms with Crippen molar-refractivity contribution in [2.75, 3.05) is 5.75 Å². The largest absolute Gasteiger partial charge is 0.299 e. The maximum absolute atomic E-state index is 11.7. The monoisotopic (exact) mass is 248 g/mol. The lowest BCUT2D eigenvalue weighted by Crippen LogP contribution is -2.18. The molecule has 92 valence electrons. The zero-order chi connectivity index (χ0) is 11.9. The van der Waals surface area contributed by atoms with Crippen molar-refractivity contribution in [3.8, 4) is 0 Å². The number of carbonyl (C=O) groups excluding carboxylic acids is 1. The summed E-state index contributed by atoms with van der Waals surface area (Å²) < 4.78 is 0. The summed E-state index contributed by atoms with van der Waals surface area (Å²) in [6.07, 6.45) is 6.59. The Kier molecular flexibility index (Phi) is 5.11. The third-order valence-electron chi connectivity index (χ3n) is 3.39. The maximum atomic E-state index is 11.7. The van der Waals surface area contributed by atoms with Gasteiger partial charge in [0, 0.05) is 17.2 Å². The normalized spacial score (nSPS) is 20.5. The molecule has 1 unspecified atom stereocenters. The van der Waals surface area contributed by atoms with Crippen LogP contribution in [-0.2, 0) is 4.79 Å². The minimum absolute atomic E-state index is 0.375. The molecule has 0 spiro atoms. The lowest BCUT2D eigenvalue weighted by Gasteiger charge is -2.19. The molecule has 1 aliphatic rings. The Labute approximate surface area is 108 Å². The molecule has 0 saturated heterocycles. The van der Waals surface area contributed by atoms with Crippen molar-refractivity contribution in [3.63, 3.8) is 0 Å². The average molecular weight is 248 g/mol. The standard InChI is InChI=1S/C15H20OS/c16-15-11-5-4-7-13(15)8-6-12-17-14-9-2-1-3-10-14/h1-3,9-10,13H,4-8,11-12H2. The molecule has 0 bridgehead atoms. The molecule has 0 radical (unpaired) electrons. The van der Waals surface area contributed by atoms with Gasteiger partial charge in [0.05, 0.1) is 0 Å². The van der Waals surface area contributed by atoms with Gasteiger partial charge in [-0.3, -0.25) is 4.79 Å². The minimum Gasteiger partial charge on any atom is -0.299 e. The molecule has 0 aromatic heterocycles. The van der Waals surface area contributed by atoms with Gasteiger partial charge in [0.1, 0.15) is 5.78 Å². The van der Waals surface area contributed by atoms with Crippen molar-refractivity contribution < 1.29 is 4.79 Å². The van der Waals surface area contributed by atoms with Crippen LogP contribution in [-0.4, -0.2) is 11.5 Å². The molecule has 1 aromatic rings. The number of rotatable bonds is 5. The molecule has 1 saturated carbocycles. The second-order valence-corrected chi connectivity index (χ2v) is 5.88. The van der Waals surface area contributed by atoms with Gasteiger partial charge in [0.25, 0.3) is 0 Å². The summed E-state index contributed by atoms with van der Waals surface area (Å²) in [7, 11) is 0. The Morgan fingerprint density at radius 2 is 2.00 bits per heavy atom. The van der Waals surface area contributed by atoms with Gasteiger partial charge < -0.3 is 0 Å². The number of thioether (sulfide) groups is 1. The topological polar surface area (TPSA) is 17.1 Å². The van der Waals surface area contributed by atoms with Crippen LogP contribution in [0.1, 0.15) is 38.5 Å². The smallest absolute Gasteiger partial charge is 0.135 e. The Bertz CT molecular complexity index is 347. The van der Waals surface area contributed by atoms with E-state index in [1.165, 1.54) is 11.3 Å². The highest BCUT2D eigenvalue weighted by Crippen LogP contribution is 2.26. The summed E-state index contributed by atoms with van der Waals surface area (Å²) in [5.41, 5.74) is 0. The van der Waals surface area contributed by atoms with Gasteiger partial charge in [-0.1, -0.05) is 24.6 Å². The van der Waals surface area contributed by atoms with Crippen molar-refractivity contribution >= 4 is 17.5 Å². The molecule has 0 N–H and O–H groups in total. The highest BCUT2D eigenvalue weighted by Gasteiger charge is 2.21. The second kappa shape index (κ2) is 6.85. The van der Waals surface area contributed by atoms with Crippen molar-refractivity contribution in [2.24, 2.45) is 5.92 Å². The Hall–Kier alpha value is -0.760. The zero-order valence-corrected chi connectivity index (χ0v) is 11.0. The van der Waals surface area contributed by atoms with Gasteiger partial charge in [0.15, 0.2) is 0 Å². The van der Waals surface area contributed by atoms with E-state index in [1.807, 2.05) is 17.8 Å². The van der Waals surface area contributed by atoms with Gasteiger partial charge >= 0.3 is 0 Å². The van der Waals surface area contributed by atoms with Gasteiger partial charge in [-0.15, -0.1) is 11.8 Å². The molecule has 1 nitrogen and oxygen atoms in total. The van der Waals surface area contributed by atoms with E-state index in [4.69, 9.17) is 0 Å². The van der Waals surface area contributed by atoms with Gasteiger partial charge in [0.2, 0.25) is 0 Å². The summed E-state index contributed by atoms with van der Waals surface area (Å²) in [5.74, 6) is 2.02.